The number of methoxy groups -OCH3 is 2. The molecule has 42 heavy (non-hydrogen) atoms. The standard InChI is InChI=1S/C29H28N6O5S2/c1-4-40-20-11-9-19(10-12-20)35-25(16-30-27(37)18-13-21(38-2)15-22(14-18)39-3)33-34-29(35)41-17-26(36)32-28-31-23-7-5-6-8-24(23)42-28/h5-15H,4,16-17H2,1-3H3,(H,30,37)(H,31,32,36). The van der Waals surface area contributed by atoms with Gasteiger partial charge in [0.05, 0.1) is 43.3 Å². The van der Waals surface area contributed by atoms with E-state index in [0.29, 0.717) is 39.8 Å². The smallest absolute Gasteiger partial charge is 0.251 e. The van der Waals surface area contributed by atoms with Gasteiger partial charge in [0, 0.05) is 17.3 Å². The molecular formula is C29H28N6O5S2. The summed E-state index contributed by atoms with van der Waals surface area (Å²) in [6, 6.07) is 20.1. The highest BCUT2D eigenvalue weighted by atomic mass is 32.2. The molecule has 0 atom stereocenters. The number of nitrogens with zero attached hydrogens (tertiary/aromatic N) is 4. The molecule has 0 saturated carbocycles. The minimum absolute atomic E-state index is 0.0804. The maximum absolute atomic E-state index is 13.0. The van der Waals surface area contributed by atoms with E-state index >= 15 is 0 Å². The first kappa shape index (κ1) is 28.9. The van der Waals surface area contributed by atoms with Crippen LogP contribution in [-0.4, -0.2) is 58.1 Å². The Hall–Kier alpha value is -4.62. The van der Waals surface area contributed by atoms with Gasteiger partial charge in [-0.15, -0.1) is 10.2 Å². The Labute approximate surface area is 250 Å². The molecule has 0 spiro atoms. The first-order valence-electron chi connectivity index (χ1n) is 12.9. The van der Waals surface area contributed by atoms with Crippen molar-refractivity contribution in [2.24, 2.45) is 0 Å². The molecule has 0 radical (unpaired) electrons. The van der Waals surface area contributed by atoms with Crippen molar-refractivity contribution in [3.05, 3.63) is 78.1 Å². The number of para-hydroxylation sites is 1. The number of carbonyl (C=O) groups excluding carboxylic acids is 2. The second-order valence-electron chi connectivity index (χ2n) is 8.77. The molecule has 2 N–H and O–H groups in total. The van der Waals surface area contributed by atoms with Crippen molar-refractivity contribution >= 4 is 50.3 Å². The second kappa shape index (κ2) is 13.4. The molecule has 5 rings (SSSR count). The van der Waals surface area contributed by atoms with Gasteiger partial charge in [0.25, 0.3) is 5.91 Å². The molecule has 0 aliphatic rings. The molecule has 11 nitrogen and oxygen atoms in total. The Bertz CT molecular complexity index is 1650. The van der Waals surface area contributed by atoms with Crippen molar-refractivity contribution in [2.75, 3.05) is 31.9 Å². The fraction of sp³-hybridized carbons (Fsp3) is 0.207. The zero-order valence-corrected chi connectivity index (χ0v) is 24.8. The van der Waals surface area contributed by atoms with Gasteiger partial charge in [-0.25, -0.2) is 4.98 Å². The summed E-state index contributed by atoms with van der Waals surface area (Å²) in [5.74, 6) is 1.73. The van der Waals surface area contributed by atoms with E-state index in [-0.39, 0.29) is 24.1 Å². The number of thiazole rings is 1. The number of anilines is 1. The molecule has 0 bridgehead atoms. The minimum Gasteiger partial charge on any atom is -0.497 e. The van der Waals surface area contributed by atoms with Gasteiger partial charge in [0.2, 0.25) is 5.91 Å². The van der Waals surface area contributed by atoms with Crippen LogP contribution < -0.4 is 24.8 Å². The number of fused-ring (bicyclic) bond motifs is 1. The molecule has 0 unspecified atom stereocenters. The Morgan fingerprint density at radius 2 is 1.69 bits per heavy atom. The lowest BCUT2D eigenvalue weighted by Crippen LogP contribution is -2.24. The predicted molar refractivity (Wildman–Crippen MR) is 162 cm³/mol. The predicted octanol–water partition coefficient (Wildman–Crippen LogP) is 4.95. The Balaban J connectivity index is 1.33. The van der Waals surface area contributed by atoms with Crippen LogP contribution in [-0.2, 0) is 11.3 Å². The van der Waals surface area contributed by atoms with Crippen molar-refractivity contribution in [3.63, 3.8) is 0 Å². The highest BCUT2D eigenvalue weighted by molar-refractivity contribution is 7.99. The molecule has 13 heteroatoms. The molecule has 3 aromatic carbocycles. The van der Waals surface area contributed by atoms with Gasteiger partial charge >= 0.3 is 0 Å². The second-order valence-corrected chi connectivity index (χ2v) is 10.7. The monoisotopic (exact) mass is 604 g/mol. The van der Waals surface area contributed by atoms with Gasteiger partial charge in [-0.3, -0.25) is 14.2 Å². The summed E-state index contributed by atoms with van der Waals surface area (Å²) in [7, 11) is 3.04. The third kappa shape index (κ3) is 6.81. The van der Waals surface area contributed by atoms with Gasteiger partial charge in [-0.2, -0.15) is 0 Å². The number of thioether (sulfide) groups is 1. The van der Waals surface area contributed by atoms with Gasteiger partial charge < -0.3 is 24.8 Å². The summed E-state index contributed by atoms with van der Waals surface area (Å²) < 4.78 is 18.9. The van der Waals surface area contributed by atoms with Crippen LogP contribution in [0.4, 0.5) is 5.13 Å². The van der Waals surface area contributed by atoms with Crippen molar-refractivity contribution in [2.45, 2.75) is 18.6 Å². The maximum atomic E-state index is 13.0. The van der Waals surface area contributed by atoms with E-state index in [1.807, 2.05) is 55.5 Å². The first-order chi connectivity index (χ1) is 20.5. The van der Waals surface area contributed by atoms with Gasteiger partial charge in [0.1, 0.15) is 17.2 Å². The molecule has 0 aliphatic carbocycles. The molecule has 2 heterocycles. The average Bonchev–Trinajstić information content (AvgIpc) is 3.62. The minimum atomic E-state index is -0.335. The molecule has 2 amide bonds. The van der Waals surface area contributed by atoms with Crippen molar-refractivity contribution in [3.8, 4) is 22.9 Å². The summed E-state index contributed by atoms with van der Waals surface area (Å²) in [5.41, 5.74) is 1.96. The van der Waals surface area contributed by atoms with E-state index in [4.69, 9.17) is 14.2 Å². The Morgan fingerprint density at radius 3 is 2.38 bits per heavy atom. The summed E-state index contributed by atoms with van der Waals surface area (Å²) in [6.45, 7) is 2.54. The van der Waals surface area contributed by atoms with Crippen LogP contribution in [0, 0.1) is 0 Å². The summed E-state index contributed by atoms with van der Waals surface area (Å²) in [4.78, 5) is 30.3. The average molecular weight is 605 g/mol. The van der Waals surface area contributed by atoms with Crippen LogP contribution in [0.3, 0.4) is 0 Å². The molecule has 0 aliphatic heterocycles. The van der Waals surface area contributed by atoms with Crippen LogP contribution in [0.1, 0.15) is 23.1 Å². The summed E-state index contributed by atoms with van der Waals surface area (Å²) in [5, 5.41) is 15.4. The summed E-state index contributed by atoms with van der Waals surface area (Å²) in [6.07, 6.45) is 0. The van der Waals surface area contributed by atoms with E-state index in [1.54, 1.807) is 22.8 Å². The van der Waals surface area contributed by atoms with E-state index in [0.717, 1.165) is 21.7 Å². The van der Waals surface area contributed by atoms with Gasteiger partial charge in [-0.05, 0) is 55.5 Å². The largest absolute Gasteiger partial charge is 0.497 e. The molecule has 216 valence electrons. The number of rotatable bonds is 12. The highest BCUT2D eigenvalue weighted by Gasteiger charge is 2.18. The maximum Gasteiger partial charge on any atom is 0.251 e. The van der Waals surface area contributed by atoms with E-state index < -0.39 is 0 Å². The zero-order valence-electron chi connectivity index (χ0n) is 23.1. The van der Waals surface area contributed by atoms with E-state index in [1.165, 1.54) is 37.3 Å². The molecule has 0 saturated heterocycles. The Morgan fingerprint density at radius 1 is 0.952 bits per heavy atom. The van der Waals surface area contributed by atoms with Crippen LogP contribution in [0.2, 0.25) is 0 Å². The number of carbonyl (C=O) groups is 2. The van der Waals surface area contributed by atoms with Crippen LogP contribution in [0.25, 0.3) is 15.9 Å². The van der Waals surface area contributed by atoms with Gasteiger partial charge in [0.15, 0.2) is 16.1 Å². The SMILES string of the molecule is CCOc1ccc(-n2c(CNC(=O)c3cc(OC)cc(OC)c3)nnc2SCC(=O)Nc2nc3ccccc3s2)cc1. The third-order valence-corrected chi connectivity index (χ3v) is 7.88. The number of nitrogens with one attached hydrogen (secondary N) is 2. The Kier molecular flexibility index (Phi) is 9.19. The molecular weight excluding hydrogens is 576 g/mol. The lowest BCUT2D eigenvalue weighted by atomic mass is 10.2. The number of hydrogen-bond donors (Lipinski definition) is 2. The topological polar surface area (TPSA) is 129 Å². The fourth-order valence-corrected chi connectivity index (χ4v) is 5.69. The van der Waals surface area contributed by atoms with Crippen molar-refractivity contribution < 1.29 is 23.8 Å². The lowest BCUT2D eigenvalue weighted by Gasteiger charge is -2.12. The van der Waals surface area contributed by atoms with E-state index in [9.17, 15) is 9.59 Å². The van der Waals surface area contributed by atoms with Gasteiger partial charge in [-0.1, -0.05) is 35.2 Å². The van der Waals surface area contributed by atoms with Crippen LogP contribution in [0.15, 0.2) is 71.9 Å². The quantitative estimate of drug-likeness (QED) is 0.190. The third-order valence-electron chi connectivity index (χ3n) is 6.00. The normalized spacial score (nSPS) is 10.8. The molecule has 5 aromatic rings. The van der Waals surface area contributed by atoms with Crippen LogP contribution >= 0.6 is 23.1 Å². The molecule has 2 aromatic heterocycles. The number of ether oxygens (including phenoxy) is 3. The lowest BCUT2D eigenvalue weighted by molar-refractivity contribution is -0.113. The van der Waals surface area contributed by atoms with E-state index in [2.05, 4.69) is 25.8 Å². The van der Waals surface area contributed by atoms with Crippen LogP contribution in [0.5, 0.6) is 17.2 Å². The number of benzene rings is 3. The number of hydrogen-bond acceptors (Lipinski definition) is 10. The highest BCUT2D eigenvalue weighted by Crippen LogP contribution is 2.27. The first-order valence-corrected chi connectivity index (χ1v) is 14.7. The summed E-state index contributed by atoms with van der Waals surface area (Å²) >= 11 is 2.64. The molecule has 0 fully saturated rings. The zero-order chi connectivity index (χ0) is 29.5. The fourth-order valence-electron chi connectivity index (χ4n) is 4.04. The number of amides is 2. The van der Waals surface area contributed by atoms with Crippen molar-refractivity contribution in [1.82, 2.24) is 25.1 Å². The van der Waals surface area contributed by atoms with Crippen molar-refractivity contribution in [1.29, 1.82) is 0 Å². The number of aromatic nitrogens is 4.